The number of aliphatic hydroxyl groups excluding tert-OH is 11. The van der Waals surface area contributed by atoms with Gasteiger partial charge in [0.25, 0.3) is 0 Å². The molecule has 0 aliphatic carbocycles. The fraction of sp³-hybridized carbons (Fsp3) is 0.545. The summed E-state index contributed by atoms with van der Waals surface area (Å²) in [5.74, 6) is -2.30. The predicted molar refractivity (Wildman–Crippen MR) is 173 cm³/mol. The molecule has 0 bridgehead atoms. The van der Waals surface area contributed by atoms with Gasteiger partial charge < -0.3 is 99.2 Å². The van der Waals surface area contributed by atoms with Crippen LogP contribution in [0.15, 0.2) is 45.6 Å². The first-order chi connectivity index (χ1) is 25.6. The molecule has 21 heteroatoms. The SMILES string of the molecule is O=c1c(O[C@@H]2O[C@H](CO[C@@H]3O[C@H](CO)[C@@H](O)[C@H](O)[C@H]3O)[C@@H](O)[C@H](O)[C@H]2O)c(-c2ccc(O)cc2)oc2cc(O[C@@H]3O[C@H](CO)[C@@H](O)[C@H](O)[C@H]3O)cc(O)c12. The van der Waals surface area contributed by atoms with E-state index in [1.807, 2.05) is 0 Å². The highest BCUT2D eigenvalue weighted by atomic mass is 16.7. The number of fused-ring (bicyclic) bond motifs is 1. The lowest BCUT2D eigenvalue weighted by Gasteiger charge is -2.42. The number of rotatable bonds is 10. The quantitative estimate of drug-likeness (QED) is 0.0918. The van der Waals surface area contributed by atoms with Gasteiger partial charge in [0, 0.05) is 17.7 Å². The van der Waals surface area contributed by atoms with Crippen LogP contribution in [-0.4, -0.2) is 178 Å². The second-order valence-electron chi connectivity index (χ2n) is 12.9. The maximum Gasteiger partial charge on any atom is 0.239 e. The Kier molecular flexibility index (Phi) is 11.9. The molecular formula is C33H40O21. The van der Waals surface area contributed by atoms with Crippen LogP contribution in [0.3, 0.4) is 0 Å². The number of hydrogen-bond donors (Lipinski definition) is 13. The van der Waals surface area contributed by atoms with Crippen LogP contribution < -0.4 is 14.9 Å². The summed E-state index contributed by atoms with van der Waals surface area (Å²) in [6.45, 7) is -2.21. The Balaban J connectivity index is 1.31. The molecule has 1 aromatic heterocycles. The van der Waals surface area contributed by atoms with Crippen molar-refractivity contribution in [2.24, 2.45) is 0 Å². The molecule has 3 aliphatic heterocycles. The minimum Gasteiger partial charge on any atom is -0.508 e. The van der Waals surface area contributed by atoms with Gasteiger partial charge in [0.05, 0.1) is 19.8 Å². The van der Waals surface area contributed by atoms with Crippen molar-refractivity contribution in [3.63, 3.8) is 0 Å². The van der Waals surface area contributed by atoms with Gasteiger partial charge in [0.2, 0.25) is 23.8 Å². The number of phenolic OH excluding ortho intramolecular Hbond substituents is 2. The fourth-order valence-electron chi connectivity index (χ4n) is 6.20. The van der Waals surface area contributed by atoms with Gasteiger partial charge >= 0.3 is 0 Å². The summed E-state index contributed by atoms with van der Waals surface area (Å²) in [6, 6.07) is 7.12. The molecule has 3 aromatic rings. The average Bonchev–Trinajstić information content (AvgIpc) is 3.15. The minimum absolute atomic E-state index is 0.0925. The summed E-state index contributed by atoms with van der Waals surface area (Å²) in [7, 11) is 0. The fourth-order valence-corrected chi connectivity index (χ4v) is 6.20. The molecule has 0 saturated carbocycles. The summed E-state index contributed by atoms with van der Waals surface area (Å²) < 4.78 is 39.1. The van der Waals surface area contributed by atoms with E-state index in [1.165, 1.54) is 24.3 Å². The van der Waals surface area contributed by atoms with Crippen molar-refractivity contribution in [3.8, 4) is 34.3 Å². The minimum atomic E-state index is -2.03. The van der Waals surface area contributed by atoms with E-state index in [9.17, 15) is 71.2 Å². The van der Waals surface area contributed by atoms with Crippen LogP contribution in [0.5, 0.6) is 23.0 Å². The van der Waals surface area contributed by atoms with Crippen molar-refractivity contribution in [2.45, 2.75) is 92.1 Å². The standard InChI is InChI=1S/C33H40O21/c34-7-15-19(38)23(42)26(45)31(51-15)48-9-17-21(40)25(44)28(47)33(53-17)54-30-22(41)18-13(37)5-12(49-32-27(46)24(43)20(39)16(8-35)52-32)6-14(18)50-29(30)10-1-3-11(36)4-2-10/h1-6,15-17,19-21,23-28,31-40,42-47H,7-9H2/t15-,16-,17-,19-,20-,21-,23+,24+,25+,26-,27-,28-,31-,32-,33+/m1/s1. The van der Waals surface area contributed by atoms with Crippen molar-refractivity contribution >= 4 is 11.0 Å². The third-order valence-electron chi connectivity index (χ3n) is 9.31. The van der Waals surface area contributed by atoms with E-state index in [0.29, 0.717) is 0 Å². The second-order valence-corrected chi connectivity index (χ2v) is 12.9. The molecule has 0 radical (unpaired) electrons. The molecular weight excluding hydrogens is 732 g/mol. The molecule has 4 heterocycles. The molecule has 13 N–H and O–H groups in total. The van der Waals surface area contributed by atoms with Gasteiger partial charge in [-0.2, -0.15) is 0 Å². The van der Waals surface area contributed by atoms with Gasteiger partial charge in [-0.1, -0.05) is 0 Å². The molecule has 3 saturated heterocycles. The number of ether oxygens (including phenoxy) is 6. The number of aromatic hydroxyl groups is 2. The van der Waals surface area contributed by atoms with Crippen LogP contribution in [0.4, 0.5) is 0 Å². The van der Waals surface area contributed by atoms with Gasteiger partial charge in [-0.05, 0) is 24.3 Å². The van der Waals surface area contributed by atoms with Crippen molar-refractivity contribution < 1.29 is 99.2 Å². The van der Waals surface area contributed by atoms with E-state index in [1.54, 1.807) is 0 Å². The summed E-state index contributed by atoms with van der Waals surface area (Å²) in [4.78, 5) is 14.0. The maximum atomic E-state index is 14.0. The molecule has 3 aliphatic rings. The van der Waals surface area contributed by atoms with Crippen LogP contribution in [-0.2, 0) is 18.9 Å². The highest BCUT2D eigenvalue weighted by Crippen LogP contribution is 2.39. The molecule has 15 atom stereocenters. The lowest BCUT2D eigenvalue weighted by molar-refractivity contribution is -0.323. The van der Waals surface area contributed by atoms with Crippen LogP contribution in [0.1, 0.15) is 0 Å². The second kappa shape index (κ2) is 16.2. The monoisotopic (exact) mass is 772 g/mol. The van der Waals surface area contributed by atoms with Gasteiger partial charge in [0.1, 0.15) is 101 Å². The molecule has 6 rings (SSSR count). The summed E-state index contributed by atoms with van der Waals surface area (Å²) >= 11 is 0. The van der Waals surface area contributed by atoms with Crippen LogP contribution >= 0.6 is 0 Å². The first-order valence-corrected chi connectivity index (χ1v) is 16.5. The molecule has 3 fully saturated rings. The van der Waals surface area contributed by atoms with E-state index in [4.69, 9.17) is 32.8 Å². The third-order valence-corrected chi connectivity index (χ3v) is 9.31. The highest BCUT2D eigenvalue weighted by molar-refractivity contribution is 5.88. The Morgan fingerprint density at radius 2 is 1.09 bits per heavy atom. The zero-order valence-electron chi connectivity index (χ0n) is 27.8. The molecule has 21 nitrogen and oxygen atoms in total. The smallest absolute Gasteiger partial charge is 0.239 e. The van der Waals surface area contributed by atoms with Gasteiger partial charge in [-0.15, -0.1) is 0 Å². The highest BCUT2D eigenvalue weighted by Gasteiger charge is 2.49. The van der Waals surface area contributed by atoms with Crippen LogP contribution in [0, 0.1) is 0 Å². The first kappa shape index (κ1) is 39.9. The molecule has 298 valence electrons. The van der Waals surface area contributed by atoms with Crippen molar-refractivity contribution in [1.29, 1.82) is 0 Å². The molecule has 0 unspecified atom stereocenters. The lowest BCUT2D eigenvalue weighted by atomic mass is 9.98. The van der Waals surface area contributed by atoms with E-state index >= 15 is 0 Å². The number of phenols is 2. The summed E-state index contributed by atoms with van der Waals surface area (Å²) in [6.07, 6.45) is -26.0. The van der Waals surface area contributed by atoms with Crippen molar-refractivity contribution in [1.82, 2.24) is 0 Å². The number of aliphatic hydroxyl groups is 11. The topological polar surface area (TPSA) is 349 Å². The van der Waals surface area contributed by atoms with Gasteiger partial charge in [-0.3, -0.25) is 4.79 Å². The van der Waals surface area contributed by atoms with Crippen LogP contribution in [0.2, 0.25) is 0 Å². The van der Waals surface area contributed by atoms with E-state index in [-0.39, 0.29) is 28.4 Å². The molecule has 0 amide bonds. The van der Waals surface area contributed by atoms with E-state index < -0.39 is 134 Å². The number of benzene rings is 2. The average molecular weight is 773 g/mol. The molecule has 0 spiro atoms. The lowest BCUT2D eigenvalue weighted by Crippen LogP contribution is -2.62. The number of hydrogen-bond acceptors (Lipinski definition) is 21. The first-order valence-electron chi connectivity index (χ1n) is 16.5. The Bertz CT molecular complexity index is 1800. The maximum absolute atomic E-state index is 14.0. The van der Waals surface area contributed by atoms with Crippen molar-refractivity contribution in [2.75, 3.05) is 19.8 Å². The van der Waals surface area contributed by atoms with E-state index in [2.05, 4.69) is 0 Å². The Hall–Kier alpha value is -3.75. The van der Waals surface area contributed by atoms with Crippen LogP contribution in [0.25, 0.3) is 22.3 Å². The summed E-state index contributed by atoms with van der Waals surface area (Å²) in [5.41, 5.74) is -1.32. The predicted octanol–water partition coefficient (Wildman–Crippen LogP) is -4.95. The zero-order valence-corrected chi connectivity index (χ0v) is 27.8. The van der Waals surface area contributed by atoms with E-state index in [0.717, 1.165) is 12.1 Å². The third kappa shape index (κ3) is 7.58. The van der Waals surface area contributed by atoms with Gasteiger partial charge in [-0.25, -0.2) is 0 Å². The summed E-state index contributed by atoms with van der Waals surface area (Å²) in [5, 5.41) is 133. The Morgan fingerprint density at radius 3 is 1.67 bits per heavy atom. The largest absolute Gasteiger partial charge is 0.508 e. The van der Waals surface area contributed by atoms with Crippen molar-refractivity contribution in [3.05, 3.63) is 46.6 Å². The Morgan fingerprint density at radius 1 is 0.593 bits per heavy atom. The zero-order chi connectivity index (χ0) is 39.2. The van der Waals surface area contributed by atoms with Gasteiger partial charge in [0.15, 0.2) is 12.1 Å². The molecule has 2 aromatic carbocycles. The molecule has 54 heavy (non-hydrogen) atoms. The normalized spacial score (nSPS) is 37.3. The Labute approximate surface area is 303 Å².